The fourth-order valence-corrected chi connectivity index (χ4v) is 3.02. The van der Waals surface area contributed by atoms with Gasteiger partial charge in [-0.25, -0.2) is 0 Å². The molecule has 20 heavy (non-hydrogen) atoms. The predicted molar refractivity (Wildman–Crippen MR) is 87.6 cm³/mol. The lowest BCUT2D eigenvalue weighted by Gasteiger charge is -2.08. The van der Waals surface area contributed by atoms with E-state index in [1.54, 1.807) is 18.2 Å². The van der Waals surface area contributed by atoms with E-state index in [4.69, 9.17) is 11.6 Å². The van der Waals surface area contributed by atoms with Crippen molar-refractivity contribution in [2.75, 3.05) is 0 Å². The standard InChI is InChI=1S/C17H16BrClO/c1-11(2)6-12-4-3-5-13(7-12)17(20)14-8-15(18)10-16(19)9-14/h3-5,7-11H,6H2,1-2H3. The van der Waals surface area contributed by atoms with E-state index >= 15 is 0 Å². The van der Waals surface area contributed by atoms with Crippen LogP contribution in [0.25, 0.3) is 0 Å². The van der Waals surface area contributed by atoms with Crippen molar-refractivity contribution in [1.29, 1.82) is 0 Å². The highest BCUT2D eigenvalue weighted by molar-refractivity contribution is 9.10. The van der Waals surface area contributed by atoms with Gasteiger partial charge in [-0.15, -0.1) is 0 Å². The average Bonchev–Trinajstić information content (AvgIpc) is 2.36. The Morgan fingerprint density at radius 3 is 2.55 bits per heavy atom. The number of rotatable bonds is 4. The first-order valence-electron chi connectivity index (χ1n) is 6.55. The van der Waals surface area contributed by atoms with Gasteiger partial charge in [0.25, 0.3) is 0 Å². The summed E-state index contributed by atoms with van der Waals surface area (Å²) >= 11 is 9.36. The molecule has 0 spiro atoms. The molecule has 0 amide bonds. The molecule has 2 rings (SSSR count). The number of carbonyl (C=O) groups excluding carboxylic acids is 1. The Labute approximate surface area is 133 Å². The van der Waals surface area contributed by atoms with Gasteiger partial charge in [0.05, 0.1) is 0 Å². The Balaban J connectivity index is 2.33. The Bertz CT molecular complexity index is 614. The highest BCUT2D eigenvalue weighted by Gasteiger charge is 2.11. The average molecular weight is 352 g/mol. The van der Waals surface area contributed by atoms with Crippen molar-refractivity contribution < 1.29 is 4.79 Å². The second-order valence-electron chi connectivity index (χ2n) is 5.29. The lowest BCUT2D eigenvalue weighted by Crippen LogP contribution is -2.03. The molecule has 0 bridgehead atoms. The zero-order valence-electron chi connectivity index (χ0n) is 11.5. The predicted octanol–water partition coefficient (Wildman–Crippen LogP) is 5.53. The second kappa shape index (κ2) is 6.55. The smallest absolute Gasteiger partial charge is 0.193 e. The Morgan fingerprint density at radius 1 is 1.15 bits per heavy atom. The molecule has 0 radical (unpaired) electrons. The molecule has 0 heterocycles. The fraction of sp³-hybridized carbons (Fsp3) is 0.235. The molecule has 0 aliphatic heterocycles. The molecular formula is C17H16BrClO. The number of halogens is 2. The van der Waals surface area contributed by atoms with E-state index in [9.17, 15) is 4.79 Å². The normalized spacial score (nSPS) is 10.8. The number of hydrogen-bond acceptors (Lipinski definition) is 1. The van der Waals surface area contributed by atoms with Crippen LogP contribution in [-0.2, 0) is 6.42 Å². The molecule has 3 heteroatoms. The van der Waals surface area contributed by atoms with Crippen LogP contribution in [0.4, 0.5) is 0 Å². The van der Waals surface area contributed by atoms with E-state index in [0.717, 1.165) is 10.9 Å². The van der Waals surface area contributed by atoms with Crippen LogP contribution in [0.3, 0.4) is 0 Å². The van der Waals surface area contributed by atoms with Crippen molar-refractivity contribution in [3.8, 4) is 0 Å². The van der Waals surface area contributed by atoms with Crippen molar-refractivity contribution in [1.82, 2.24) is 0 Å². The summed E-state index contributed by atoms with van der Waals surface area (Å²) in [5.41, 5.74) is 2.50. The van der Waals surface area contributed by atoms with Gasteiger partial charge in [-0.2, -0.15) is 0 Å². The van der Waals surface area contributed by atoms with Gasteiger partial charge < -0.3 is 0 Å². The van der Waals surface area contributed by atoms with Crippen LogP contribution in [0.15, 0.2) is 46.9 Å². The zero-order chi connectivity index (χ0) is 14.7. The van der Waals surface area contributed by atoms with E-state index in [2.05, 4.69) is 35.8 Å². The monoisotopic (exact) mass is 350 g/mol. The maximum atomic E-state index is 12.5. The highest BCUT2D eigenvalue weighted by atomic mass is 79.9. The van der Waals surface area contributed by atoms with Gasteiger partial charge in [0.15, 0.2) is 5.78 Å². The van der Waals surface area contributed by atoms with Crippen LogP contribution in [0, 0.1) is 5.92 Å². The molecule has 2 aromatic rings. The first kappa shape index (κ1) is 15.3. The van der Waals surface area contributed by atoms with Crippen LogP contribution in [0.5, 0.6) is 0 Å². The summed E-state index contributed by atoms with van der Waals surface area (Å²) in [4.78, 5) is 12.5. The first-order valence-corrected chi connectivity index (χ1v) is 7.72. The fourth-order valence-electron chi connectivity index (χ4n) is 2.16. The van der Waals surface area contributed by atoms with Crippen molar-refractivity contribution in [3.63, 3.8) is 0 Å². The van der Waals surface area contributed by atoms with Gasteiger partial charge in [0.2, 0.25) is 0 Å². The molecule has 0 saturated heterocycles. The summed E-state index contributed by atoms with van der Waals surface area (Å²) in [7, 11) is 0. The van der Waals surface area contributed by atoms with E-state index in [1.165, 1.54) is 5.56 Å². The molecule has 0 aliphatic carbocycles. The van der Waals surface area contributed by atoms with Crippen LogP contribution in [0.1, 0.15) is 35.3 Å². The highest BCUT2D eigenvalue weighted by Crippen LogP contribution is 2.22. The molecule has 1 nitrogen and oxygen atoms in total. The number of ketones is 1. The minimum absolute atomic E-state index is 0.00111. The molecule has 0 unspecified atom stereocenters. The Kier molecular flexibility index (Phi) is 5.00. The molecule has 0 aromatic heterocycles. The van der Waals surface area contributed by atoms with Crippen LogP contribution in [-0.4, -0.2) is 5.78 Å². The van der Waals surface area contributed by atoms with Gasteiger partial charge in [0, 0.05) is 20.6 Å². The number of carbonyl (C=O) groups is 1. The third kappa shape index (κ3) is 3.94. The molecule has 0 aliphatic rings. The van der Waals surface area contributed by atoms with Gasteiger partial charge in [0.1, 0.15) is 0 Å². The van der Waals surface area contributed by atoms with E-state index < -0.39 is 0 Å². The van der Waals surface area contributed by atoms with Gasteiger partial charge >= 0.3 is 0 Å². The number of hydrogen-bond donors (Lipinski definition) is 0. The lowest BCUT2D eigenvalue weighted by molar-refractivity contribution is 0.103. The zero-order valence-corrected chi connectivity index (χ0v) is 13.8. The quantitative estimate of drug-likeness (QED) is 0.662. The van der Waals surface area contributed by atoms with Crippen molar-refractivity contribution in [2.45, 2.75) is 20.3 Å². The summed E-state index contributed by atoms with van der Waals surface area (Å²) in [6, 6.07) is 13.1. The lowest BCUT2D eigenvalue weighted by atomic mass is 9.97. The third-order valence-electron chi connectivity index (χ3n) is 2.96. The molecular weight excluding hydrogens is 336 g/mol. The van der Waals surface area contributed by atoms with Gasteiger partial charge in [-0.05, 0) is 42.2 Å². The van der Waals surface area contributed by atoms with Gasteiger partial charge in [-0.3, -0.25) is 4.79 Å². The summed E-state index contributed by atoms with van der Waals surface area (Å²) in [6.45, 7) is 4.34. The third-order valence-corrected chi connectivity index (χ3v) is 3.63. The molecule has 0 atom stereocenters. The Morgan fingerprint density at radius 2 is 1.90 bits per heavy atom. The van der Waals surface area contributed by atoms with Crippen LogP contribution < -0.4 is 0 Å². The molecule has 0 N–H and O–H groups in total. The summed E-state index contributed by atoms with van der Waals surface area (Å²) < 4.78 is 0.812. The van der Waals surface area contributed by atoms with Crippen LogP contribution in [0.2, 0.25) is 5.02 Å². The van der Waals surface area contributed by atoms with E-state index in [1.807, 2.05) is 18.2 Å². The maximum absolute atomic E-state index is 12.5. The SMILES string of the molecule is CC(C)Cc1cccc(C(=O)c2cc(Cl)cc(Br)c2)c1. The number of benzene rings is 2. The van der Waals surface area contributed by atoms with Crippen LogP contribution >= 0.6 is 27.5 Å². The largest absolute Gasteiger partial charge is 0.289 e. The minimum atomic E-state index is -0.00111. The topological polar surface area (TPSA) is 17.1 Å². The van der Waals surface area contributed by atoms with E-state index in [-0.39, 0.29) is 5.78 Å². The molecule has 0 saturated carbocycles. The van der Waals surface area contributed by atoms with Gasteiger partial charge in [-0.1, -0.05) is 59.6 Å². The van der Waals surface area contributed by atoms with Crippen molar-refractivity contribution in [3.05, 3.63) is 68.7 Å². The second-order valence-corrected chi connectivity index (χ2v) is 6.64. The Hall–Kier alpha value is -1.12. The van der Waals surface area contributed by atoms with Crippen molar-refractivity contribution >= 4 is 33.3 Å². The minimum Gasteiger partial charge on any atom is -0.289 e. The molecule has 104 valence electrons. The first-order chi connectivity index (χ1) is 9.45. The summed E-state index contributed by atoms with van der Waals surface area (Å²) in [5.74, 6) is 0.569. The van der Waals surface area contributed by atoms with E-state index in [0.29, 0.717) is 22.1 Å². The summed E-state index contributed by atoms with van der Waals surface area (Å²) in [6.07, 6.45) is 0.973. The summed E-state index contributed by atoms with van der Waals surface area (Å²) in [5, 5.41) is 0.557. The van der Waals surface area contributed by atoms with Crippen molar-refractivity contribution in [2.24, 2.45) is 5.92 Å². The molecule has 0 fully saturated rings. The molecule has 2 aromatic carbocycles. The maximum Gasteiger partial charge on any atom is 0.193 e.